The molecule has 0 saturated heterocycles. The molecule has 1 spiro atoms. The lowest BCUT2D eigenvalue weighted by atomic mass is 9.69. The van der Waals surface area contributed by atoms with E-state index >= 15 is 0 Å². The molecule has 1 N–H and O–H groups in total. The van der Waals surface area contributed by atoms with Crippen LogP contribution in [0.4, 0.5) is 0 Å². The minimum atomic E-state index is -0.620. The largest absolute Gasteiger partial charge is 0.420 e. The van der Waals surface area contributed by atoms with Gasteiger partial charge in [-0.3, -0.25) is 4.79 Å². The zero-order valence-electron chi connectivity index (χ0n) is 16.8. The Morgan fingerprint density at radius 2 is 1.80 bits per heavy atom. The monoisotopic (exact) mass is 396 g/mol. The van der Waals surface area contributed by atoms with Crippen molar-refractivity contribution in [3.63, 3.8) is 0 Å². The Morgan fingerprint density at radius 1 is 1.03 bits per heavy atom. The van der Waals surface area contributed by atoms with E-state index < -0.39 is 5.41 Å². The summed E-state index contributed by atoms with van der Waals surface area (Å²) in [6.45, 7) is 3.76. The number of hydrogen-bond donors (Lipinski definition) is 1. The summed E-state index contributed by atoms with van der Waals surface area (Å²) in [6, 6.07) is 18.3. The molecule has 4 aromatic rings. The minimum Gasteiger partial charge on any atom is -0.420 e. The van der Waals surface area contributed by atoms with Gasteiger partial charge in [0.1, 0.15) is 5.82 Å². The van der Waals surface area contributed by atoms with Crippen LogP contribution < -0.4 is 10.3 Å². The Labute approximate surface area is 173 Å². The van der Waals surface area contributed by atoms with Crippen LogP contribution in [0.3, 0.4) is 0 Å². The average Bonchev–Trinajstić information content (AvgIpc) is 3.27. The van der Waals surface area contributed by atoms with Crippen LogP contribution in [-0.4, -0.2) is 19.7 Å². The second kappa shape index (κ2) is 5.92. The number of H-pyrrole nitrogens is 1. The van der Waals surface area contributed by atoms with Gasteiger partial charge in [0, 0.05) is 0 Å². The molecule has 3 heterocycles. The minimum absolute atomic E-state index is 0.147. The molecular weight excluding hydrogens is 376 g/mol. The topological polar surface area (TPSA) is 72.8 Å². The summed E-state index contributed by atoms with van der Waals surface area (Å²) in [7, 11) is 0. The number of ether oxygens (including phenoxy) is 1. The third kappa shape index (κ3) is 2.10. The van der Waals surface area contributed by atoms with Gasteiger partial charge in [-0.15, -0.1) is 0 Å². The lowest BCUT2D eigenvalue weighted by molar-refractivity contribution is 0.372. The molecule has 1 aliphatic heterocycles. The fourth-order valence-corrected chi connectivity index (χ4v) is 5.19. The highest BCUT2D eigenvalue weighted by molar-refractivity contribution is 5.65. The molecule has 1 aliphatic carbocycles. The number of aromatic nitrogens is 4. The van der Waals surface area contributed by atoms with Crippen LogP contribution in [0.2, 0.25) is 0 Å². The van der Waals surface area contributed by atoms with Crippen molar-refractivity contribution in [2.45, 2.75) is 32.1 Å². The van der Waals surface area contributed by atoms with E-state index in [1.54, 1.807) is 6.92 Å². The first-order chi connectivity index (χ1) is 14.6. The molecule has 0 amide bonds. The van der Waals surface area contributed by atoms with Crippen LogP contribution in [0.25, 0.3) is 5.69 Å². The van der Waals surface area contributed by atoms with Crippen LogP contribution in [0, 0.1) is 13.8 Å². The van der Waals surface area contributed by atoms with Gasteiger partial charge in [-0.05, 0) is 49.9 Å². The third-order valence-corrected chi connectivity index (χ3v) is 6.32. The van der Waals surface area contributed by atoms with E-state index in [2.05, 4.69) is 28.2 Å². The van der Waals surface area contributed by atoms with E-state index in [1.807, 2.05) is 48.0 Å². The van der Waals surface area contributed by atoms with Crippen molar-refractivity contribution in [1.82, 2.24) is 19.7 Å². The van der Waals surface area contributed by atoms with Gasteiger partial charge < -0.3 is 9.72 Å². The lowest BCUT2D eigenvalue weighted by Crippen LogP contribution is -2.38. The van der Waals surface area contributed by atoms with E-state index in [0.29, 0.717) is 23.1 Å². The second-order valence-electron chi connectivity index (χ2n) is 8.01. The molecule has 2 aromatic heterocycles. The fourth-order valence-electron chi connectivity index (χ4n) is 5.19. The van der Waals surface area contributed by atoms with Crippen LogP contribution in [0.5, 0.6) is 11.8 Å². The van der Waals surface area contributed by atoms with Crippen LogP contribution >= 0.6 is 0 Å². The molecule has 148 valence electrons. The molecule has 0 saturated carbocycles. The van der Waals surface area contributed by atoms with Gasteiger partial charge in [0.15, 0.2) is 0 Å². The van der Waals surface area contributed by atoms with Crippen molar-refractivity contribution in [3.05, 3.63) is 98.7 Å². The van der Waals surface area contributed by atoms with Crippen molar-refractivity contribution in [2.24, 2.45) is 0 Å². The van der Waals surface area contributed by atoms with Crippen molar-refractivity contribution in [2.75, 3.05) is 0 Å². The summed E-state index contributed by atoms with van der Waals surface area (Å²) in [5, 5.41) is 4.84. The standard InChI is InChI=1S/C24H20N4O2/c1-14-19-23(28(27-14)17-9-4-3-5-10-17)30-22-20(21(29)25-15(2)26-22)24(19)13-12-16-8-6-7-11-18(16)24/h3-11H,12-13H2,1-2H3,(H,25,26,29). The molecule has 0 radical (unpaired) electrons. The molecule has 30 heavy (non-hydrogen) atoms. The summed E-state index contributed by atoms with van der Waals surface area (Å²) < 4.78 is 8.14. The van der Waals surface area contributed by atoms with Crippen molar-refractivity contribution in [3.8, 4) is 17.4 Å². The molecular formula is C24H20N4O2. The van der Waals surface area contributed by atoms with Crippen LogP contribution in [0.1, 0.15) is 40.2 Å². The predicted octanol–water partition coefficient (Wildman–Crippen LogP) is 3.96. The molecule has 6 rings (SSSR count). The van der Waals surface area contributed by atoms with E-state index in [9.17, 15) is 4.79 Å². The number of fused-ring (bicyclic) bond motifs is 6. The molecule has 0 fully saturated rings. The number of hydrogen-bond acceptors (Lipinski definition) is 4. The SMILES string of the molecule is Cc1nc2c(c(=O)[nH]1)C1(CCc3ccccc31)c1c(C)nn(-c3ccccc3)c1O2. The number of nitrogens with one attached hydrogen (secondary N) is 1. The number of aromatic amines is 1. The first kappa shape index (κ1) is 17.2. The van der Waals surface area contributed by atoms with Crippen molar-refractivity contribution in [1.29, 1.82) is 0 Å². The van der Waals surface area contributed by atoms with Crippen LogP contribution in [0.15, 0.2) is 59.4 Å². The first-order valence-electron chi connectivity index (χ1n) is 10.1. The Kier molecular flexibility index (Phi) is 3.40. The average molecular weight is 396 g/mol. The second-order valence-corrected chi connectivity index (χ2v) is 8.01. The highest BCUT2D eigenvalue weighted by Crippen LogP contribution is 2.57. The normalized spacial score (nSPS) is 18.6. The maximum Gasteiger partial charge on any atom is 0.259 e. The summed E-state index contributed by atoms with van der Waals surface area (Å²) in [4.78, 5) is 20.7. The van der Waals surface area contributed by atoms with Crippen molar-refractivity contribution >= 4 is 0 Å². The number of nitrogens with zero attached hydrogens (tertiary/aromatic N) is 3. The van der Waals surface area contributed by atoms with Gasteiger partial charge in [-0.1, -0.05) is 42.5 Å². The maximum atomic E-state index is 13.3. The van der Waals surface area contributed by atoms with Gasteiger partial charge in [0.2, 0.25) is 11.8 Å². The number of rotatable bonds is 1. The van der Waals surface area contributed by atoms with Gasteiger partial charge in [-0.25, -0.2) is 4.68 Å². The Balaban J connectivity index is 1.74. The Morgan fingerprint density at radius 3 is 2.63 bits per heavy atom. The Bertz CT molecular complexity index is 1370. The lowest BCUT2D eigenvalue weighted by Gasteiger charge is -2.35. The van der Waals surface area contributed by atoms with E-state index in [-0.39, 0.29) is 5.56 Å². The maximum absolute atomic E-state index is 13.3. The van der Waals surface area contributed by atoms with E-state index in [4.69, 9.17) is 9.84 Å². The smallest absolute Gasteiger partial charge is 0.259 e. The zero-order valence-corrected chi connectivity index (χ0v) is 16.8. The van der Waals surface area contributed by atoms with Crippen LogP contribution in [-0.2, 0) is 11.8 Å². The molecule has 1 unspecified atom stereocenters. The molecule has 6 heteroatoms. The van der Waals surface area contributed by atoms with E-state index in [1.165, 1.54) is 5.56 Å². The summed E-state index contributed by atoms with van der Waals surface area (Å²) >= 11 is 0. The summed E-state index contributed by atoms with van der Waals surface area (Å²) in [5.41, 5.74) is 4.94. The fraction of sp³-hybridized carbons (Fsp3) is 0.208. The molecule has 1 atom stereocenters. The van der Waals surface area contributed by atoms with Gasteiger partial charge >= 0.3 is 0 Å². The zero-order chi connectivity index (χ0) is 20.5. The number of benzene rings is 2. The highest BCUT2D eigenvalue weighted by Gasteiger charge is 2.53. The molecule has 2 aliphatic rings. The molecule has 6 nitrogen and oxygen atoms in total. The number of para-hydroxylation sites is 1. The number of aryl methyl sites for hydroxylation is 3. The van der Waals surface area contributed by atoms with E-state index in [0.717, 1.165) is 35.3 Å². The molecule has 0 bridgehead atoms. The van der Waals surface area contributed by atoms with Gasteiger partial charge in [0.25, 0.3) is 5.56 Å². The molecule has 2 aromatic carbocycles. The summed E-state index contributed by atoms with van der Waals surface area (Å²) in [5.74, 6) is 1.55. The summed E-state index contributed by atoms with van der Waals surface area (Å²) in [6.07, 6.45) is 1.67. The van der Waals surface area contributed by atoms with Gasteiger partial charge in [-0.2, -0.15) is 10.1 Å². The highest BCUT2D eigenvalue weighted by atomic mass is 16.5. The Hall–Kier alpha value is -3.67. The third-order valence-electron chi connectivity index (χ3n) is 6.32. The first-order valence-corrected chi connectivity index (χ1v) is 10.1. The van der Waals surface area contributed by atoms with Gasteiger partial charge in [0.05, 0.1) is 27.9 Å². The predicted molar refractivity (Wildman–Crippen MR) is 113 cm³/mol. The van der Waals surface area contributed by atoms with Crippen molar-refractivity contribution < 1.29 is 4.74 Å². The quantitative estimate of drug-likeness (QED) is 0.529.